The molecule has 0 N–H and O–H groups in total. The Morgan fingerprint density at radius 3 is 1.80 bits per heavy atom. The van der Waals surface area contributed by atoms with E-state index in [0.717, 1.165) is 12.3 Å². The molecule has 0 spiro atoms. The van der Waals surface area contributed by atoms with Gasteiger partial charge in [-0.25, -0.2) is 0 Å². The van der Waals surface area contributed by atoms with E-state index in [-0.39, 0.29) is 5.92 Å². The third kappa shape index (κ3) is 8.74. The van der Waals surface area contributed by atoms with Crippen LogP contribution in [0.3, 0.4) is 0 Å². The van der Waals surface area contributed by atoms with Crippen LogP contribution >= 0.6 is 0 Å². The molecule has 1 aliphatic rings. The highest BCUT2D eigenvalue weighted by Crippen LogP contribution is 2.47. The SMILES string of the molecule is C=CC1=C(C=C)C(C(/C=C\C)=C/CC)c2ccccc2C1C.CC.CC.CC(C)C. The van der Waals surface area contributed by atoms with E-state index in [2.05, 4.69) is 97.2 Å². The predicted octanol–water partition coefficient (Wildman–Crippen LogP) is 10.2. The third-order valence-corrected chi connectivity index (χ3v) is 4.46. The number of benzene rings is 1. The van der Waals surface area contributed by atoms with Gasteiger partial charge in [-0.05, 0) is 47.1 Å². The molecule has 0 bridgehead atoms. The van der Waals surface area contributed by atoms with Crippen molar-refractivity contribution in [2.45, 2.75) is 87.5 Å². The van der Waals surface area contributed by atoms with Crippen LogP contribution < -0.4 is 0 Å². The molecule has 2 atom stereocenters. The van der Waals surface area contributed by atoms with Crippen molar-refractivity contribution in [3.8, 4) is 0 Å². The third-order valence-electron chi connectivity index (χ3n) is 4.46. The smallest absolute Gasteiger partial charge is 0.0342 e. The van der Waals surface area contributed by atoms with Gasteiger partial charge in [-0.1, -0.05) is 130 Å². The van der Waals surface area contributed by atoms with Crippen molar-refractivity contribution >= 4 is 0 Å². The van der Waals surface area contributed by atoms with E-state index >= 15 is 0 Å². The Balaban J connectivity index is 0. The van der Waals surface area contributed by atoms with Crippen molar-refractivity contribution in [1.82, 2.24) is 0 Å². The summed E-state index contributed by atoms with van der Waals surface area (Å²) in [6.07, 6.45) is 11.7. The molecule has 0 amide bonds. The molecule has 0 fully saturated rings. The van der Waals surface area contributed by atoms with E-state index < -0.39 is 0 Å². The van der Waals surface area contributed by atoms with Gasteiger partial charge in [0.05, 0.1) is 0 Å². The van der Waals surface area contributed by atoms with Crippen LogP contribution in [0.15, 0.2) is 84.5 Å². The normalized spacial score (nSPS) is 17.6. The molecule has 30 heavy (non-hydrogen) atoms. The number of hydrogen-bond donors (Lipinski definition) is 0. The number of hydrogen-bond acceptors (Lipinski definition) is 0. The highest BCUT2D eigenvalue weighted by molar-refractivity contribution is 5.59. The van der Waals surface area contributed by atoms with Crippen LogP contribution in [-0.2, 0) is 0 Å². The molecule has 0 saturated carbocycles. The number of fused-ring (bicyclic) bond motifs is 1. The summed E-state index contributed by atoms with van der Waals surface area (Å²) in [5, 5.41) is 0. The summed E-state index contributed by atoms with van der Waals surface area (Å²) in [6, 6.07) is 8.77. The minimum atomic E-state index is 0.258. The molecule has 1 aromatic carbocycles. The van der Waals surface area contributed by atoms with Crippen molar-refractivity contribution in [3.63, 3.8) is 0 Å². The number of allylic oxidation sites excluding steroid dienone is 8. The van der Waals surface area contributed by atoms with E-state index in [1.165, 1.54) is 27.8 Å². The Morgan fingerprint density at radius 1 is 0.933 bits per heavy atom. The Hall–Kier alpha value is -2.08. The van der Waals surface area contributed by atoms with Crippen molar-refractivity contribution in [2.24, 2.45) is 5.92 Å². The summed E-state index contributed by atoms with van der Waals surface area (Å²) in [7, 11) is 0. The summed E-state index contributed by atoms with van der Waals surface area (Å²) >= 11 is 0. The standard InChI is InChI=1S/C22H26.C4H10.2C2H6/c1-6-12-17(13-7-2)22-19(9-4)18(8-3)16(5)20-14-10-11-15-21(20)22;1-4(2)3;2*1-2/h6,8-16,22H,3-4,7H2,1-2,5H3;4H,1-3H3;2*1-2H3/b12-6-,17-13+;;;. The van der Waals surface area contributed by atoms with Gasteiger partial charge in [0.1, 0.15) is 0 Å². The van der Waals surface area contributed by atoms with Crippen LogP contribution in [-0.4, -0.2) is 0 Å². The van der Waals surface area contributed by atoms with Gasteiger partial charge in [0.25, 0.3) is 0 Å². The van der Waals surface area contributed by atoms with Crippen molar-refractivity contribution in [3.05, 3.63) is 95.6 Å². The maximum absolute atomic E-state index is 4.09. The van der Waals surface area contributed by atoms with Gasteiger partial charge in [-0.15, -0.1) is 0 Å². The molecular weight excluding hydrogens is 360 g/mol. The van der Waals surface area contributed by atoms with Crippen LogP contribution in [0.5, 0.6) is 0 Å². The van der Waals surface area contributed by atoms with Crippen LogP contribution in [0.1, 0.15) is 98.6 Å². The summed E-state index contributed by atoms with van der Waals surface area (Å²) < 4.78 is 0. The van der Waals surface area contributed by atoms with Crippen LogP contribution in [0.25, 0.3) is 0 Å². The van der Waals surface area contributed by atoms with Gasteiger partial charge < -0.3 is 0 Å². The van der Waals surface area contributed by atoms with Crippen LogP contribution in [0, 0.1) is 5.92 Å². The zero-order valence-electron chi connectivity index (χ0n) is 21.5. The van der Waals surface area contributed by atoms with E-state index in [1.54, 1.807) is 0 Å². The lowest BCUT2D eigenvalue weighted by molar-refractivity contribution is 0.737. The molecule has 2 unspecified atom stereocenters. The highest BCUT2D eigenvalue weighted by Gasteiger charge is 2.30. The maximum Gasteiger partial charge on any atom is 0.0342 e. The fraction of sp³-hybridized carbons (Fsp3) is 0.467. The average Bonchev–Trinajstić information content (AvgIpc) is 2.76. The first kappa shape index (κ1) is 30.1. The monoisotopic (exact) mass is 408 g/mol. The lowest BCUT2D eigenvalue weighted by Gasteiger charge is -2.34. The first-order valence-electron chi connectivity index (χ1n) is 11.8. The van der Waals surface area contributed by atoms with Gasteiger partial charge in [0, 0.05) is 11.8 Å². The topological polar surface area (TPSA) is 0 Å². The van der Waals surface area contributed by atoms with Gasteiger partial charge in [0.15, 0.2) is 0 Å². The molecule has 168 valence electrons. The molecule has 0 aromatic heterocycles. The number of rotatable bonds is 5. The summed E-state index contributed by atoms with van der Waals surface area (Å²) in [6.45, 7) is 29.2. The Morgan fingerprint density at radius 2 is 1.40 bits per heavy atom. The Kier molecular flexibility index (Phi) is 17.8. The maximum atomic E-state index is 4.09. The molecule has 0 saturated heterocycles. The fourth-order valence-electron chi connectivity index (χ4n) is 3.52. The lowest BCUT2D eigenvalue weighted by atomic mass is 9.70. The van der Waals surface area contributed by atoms with Crippen molar-refractivity contribution in [1.29, 1.82) is 0 Å². The van der Waals surface area contributed by atoms with Gasteiger partial charge in [0.2, 0.25) is 0 Å². The van der Waals surface area contributed by atoms with Crippen LogP contribution in [0.4, 0.5) is 0 Å². The van der Waals surface area contributed by atoms with Gasteiger partial charge in [-0.2, -0.15) is 0 Å². The molecule has 0 heterocycles. The highest BCUT2D eigenvalue weighted by atomic mass is 14.3. The molecule has 0 radical (unpaired) electrons. The second-order valence-electron chi connectivity index (χ2n) is 7.45. The zero-order valence-corrected chi connectivity index (χ0v) is 21.5. The Bertz CT molecular complexity index is 692. The molecular formula is C30H48. The molecule has 0 aliphatic heterocycles. The van der Waals surface area contributed by atoms with E-state index in [9.17, 15) is 0 Å². The summed E-state index contributed by atoms with van der Waals surface area (Å²) in [5.74, 6) is 1.46. The van der Waals surface area contributed by atoms with E-state index in [0.29, 0.717) is 5.92 Å². The average molecular weight is 409 g/mol. The molecule has 0 nitrogen and oxygen atoms in total. The minimum Gasteiger partial charge on any atom is -0.0988 e. The van der Waals surface area contributed by atoms with Crippen molar-refractivity contribution < 1.29 is 0 Å². The van der Waals surface area contributed by atoms with E-state index in [4.69, 9.17) is 0 Å². The molecule has 0 heteroatoms. The van der Waals surface area contributed by atoms with Crippen LogP contribution in [0.2, 0.25) is 0 Å². The lowest BCUT2D eigenvalue weighted by Crippen LogP contribution is -2.17. The fourth-order valence-corrected chi connectivity index (χ4v) is 3.52. The first-order valence-corrected chi connectivity index (χ1v) is 11.8. The largest absolute Gasteiger partial charge is 0.0988 e. The first-order chi connectivity index (χ1) is 14.4. The molecule has 1 aromatic rings. The van der Waals surface area contributed by atoms with Gasteiger partial charge >= 0.3 is 0 Å². The second-order valence-corrected chi connectivity index (χ2v) is 7.45. The van der Waals surface area contributed by atoms with E-state index in [1.807, 2.05) is 39.8 Å². The van der Waals surface area contributed by atoms with Gasteiger partial charge in [-0.3, -0.25) is 0 Å². The second kappa shape index (κ2) is 17.8. The molecule has 1 aliphatic carbocycles. The summed E-state index contributed by atoms with van der Waals surface area (Å²) in [4.78, 5) is 0. The molecule has 2 rings (SSSR count). The zero-order chi connectivity index (χ0) is 23.7. The van der Waals surface area contributed by atoms with Crippen molar-refractivity contribution in [2.75, 3.05) is 0 Å². The minimum absolute atomic E-state index is 0.258. The summed E-state index contributed by atoms with van der Waals surface area (Å²) in [5.41, 5.74) is 6.73. The Labute approximate surface area is 189 Å². The quantitative estimate of drug-likeness (QED) is 0.425. The predicted molar refractivity (Wildman–Crippen MR) is 141 cm³/mol.